The fourth-order valence-corrected chi connectivity index (χ4v) is 4.99. The van der Waals surface area contributed by atoms with Gasteiger partial charge in [0.15, 0.2) is 0 Å². The molecule has 3 N–H and O–H groups in total. The van der Waals surface area contributed by atoms with Gasteiger partial charge in [0, 0.05) is 60.6 Å². The van der Waals surface area contributed by atoms with Gasteiger partial charge in [-0.2, -0.15) is 0 Å². The molecular weight excluding hydrogens is 521 g/mol. The number of nitrogens with one attached hydrogen (secondary N) is 3. The van der Waals surface area contributed by atoms with E-state index in [0.717, 1.165) is 35.6 Å². The summed E-state index contributed by atoms with van der Waals surface area (Å²) in [5, 5.41) is 10.6. The first-order valence-electron chi connectivity index (χ1n) is 12.9. The molecule has 1 saturated heterocycles. The zero-order valence-electron chi connectivity index (χ0n) is 21.5. The summed E-state index contributed by atoms with van der Waals surface area (Å²) in [6, 6.07) is 21.0. The van der Waals surface area contributed by atoms with Gasteiger partial charge in [0.25, 0.3) is 5.91 Å². The summed E-state index contributed by atoms with van der Waals surface area (Å²) < 4.78 is 0. The number of carbonyl (C=O) groups excluding carboxylic acids is 2. The van der Waals surface area contributed by atoms with E-state index in [0.29, 0.717) is 54.8 Å². The van der Waals surface area contributed by atoms with Crippen molar-refractivity contribution < 1.29 is 9.59 Å². The molecule has 9 heteroatoms. The molecule has 4 rings (SSSR count). The van der Waals surface area contributed by atoms with Crippen LogP contribution in [0.2, 0.25) is 10.0 Å². The molecular formula is C29H33Cl2N5O2. The van der Waals surface area contributed by atoms with Crippen molar-refractivity contribution in [1.82, 2.24) is 15.5 Å². The minimum atomic E-state index is -0.156. The lowest BCUT2D eigenvalue weighted by molar-refractivity contribution is 0.0954. The van der Waals surface area contributed by atoms with Crippen molar-refractivity contribution in [2.24, 2.45) is 0 Å². The van der Waals surface area contributed by atoms with E-state index in [-0.39, 0.29) is 11.9 Å². The molecule has 1 aliphatic heterocycles. The Morgan fingerprint density at radius 2 is 1.71 bits per heavy atom. The molecule has 3 aromatic carbocycles. The number of anilines is 3. The number of nitrogens with zero attached hydrogens (tertiary/aromatic N) is 2. The highest BCUT2D eigenvalue weighted by atomic mass is 35.5. The third-order valence-electron chi connectivity index (χ3n) is 6.46. The van der Waals surface area contributed by atoms with Gasteiger partial charge < -0.3 is 25.8 Å². The topological polar surface area (TPSA) is 76.7 Å². The second-order valence-corrected chi connectivity index (χ2v) is 9.97. The Bertz CT molecular complexity index is 1250. The maximum absolute atomic E-state index is 13.0. The quantitative estimate of drug-likeness (QED) is 0.322. The zero-order valence-corrected chi connectivity index (χ0v) is 23.0. The predicted molar refractivity (Wildman–Crippen MR) is 156 cm³/mol. The molecule has 3 amide bonds. The smallest absolute Gasteiger partial charge is 0.317 e. The van der Waals surface area contributed by atoms with Gasteiger partial charge in [0.05, 0.1) is 11.4 Å². The Labute approximate surface area is 234 Å². The number of halogens is 2. The normalized spacial score (nSPS) is 13.6. The molecule has 0 spiro atoms. The average molecular weight is 555 g/mol. The summed E-state index contributed by atoms with van der Waals surface area (Å²) in [7, 11) is 0. The number of hydrogen-bond donors (Lipinski definition) is 3. The standard InChI is InChI=1S/C29H33Cl2N5O2/c1-2-32-29(38)36-16-6-15-35(17-18-36)27-12-10-22(19-26(27)34-24-7-4-3-5-8-24)28(37)33-14-13-21-9-11-23(30)20-25(21)31/h3-5,7-12,19-20,34H,2,6,13-18H2,1H3,(H,32,38)(H,33,37). The molecule has 3 aromatic rings. The van der Waals surface area contributed by atoms with Crippen LogP contribution < -0.4 is 20.9 Å². The Morgan fingerprint density at radius 1 is 0.895 bits per heavy atom. The van der Waals surface area contributed by atoms with E-state index >= 15 is 0 Å². The summed E-state index contributed by atoms with van der Waals surface area (Å²) in [5.74, 6) is -0.156. The lowest BCUT2D eigenvalue weighted by Gasteiger charge is -2.27. The highest BCUT2D eigenvalue weighted by Crippen LogP contribution is 2.31. The molecule has 0 unspecified atom stereocenters. The van der Waals surface area contributed by atoms with Crippen LogP contribution in [0.3, 0.4) is 0 Å². The van der Waals surface area contributed by atoms with Crippen molar-refractivity contribution in [2.45, 2.75) is 19.8 Å². The maximum Gasteiger partial charge on any atom is 0.317 e. The van der Waals surface area contributed by atoms with Gasteiger partial charge in [-0.1, -0.05) is 47.5 Å². The van der Waals surface area contributed by atoms with Crippen LogP contribution in [0, 0.1) is 0 Å². The Hall–Kier alpha value is -3.42. The summed E-state index contributed by atoms with van der Waals surface area (Å²) in [6.07, 6.45) is 1.46. The van der Waals surface area contributed by atoms with Crippen molar-refractivity contribution in [2.75, 3.05) is 49.5 Å². The molecule has 1 heterocycles. The number of urea groups is 1. The van der Waals surface area contributed by atoms with E-state index < -0.39 is 0 Å². The number of hydrogen-bond acceptors (Lipinski definition) is 4. The SMILES string of the molecule is CCNC(=O)N1CCCN(c2ccc(C(=O)NCCc3ccc(Cl)cc3Cl)cc2Nc2ccccc2)CC1. The minimum absolute atomic E-state index is 0.0242. The number of carbonyl (C=O) groups is 2. The largest absolute Gasteiger partial charge is 0.368 e. The minimum Gasteiger partial charge on any atom is -0.368 e. The van der Waals surface area contributed by atoms with E-state index in [2.05, 4.69) is 20.9 Å². The van der Waals surface area contributed by atoms with Crippen molar-refractivity contribution in [3.63, 3.8) is 0 Å². The lowest BCUT2D eigenvalue weighted by atomic mass is 10.1. The fraction of sp³-hybridized carbons (Fsp3) is 0.310. The summed E-state index contributed by atoms with van der Waals surface area (Å²) in [5.41, 5.74) is 4.27. The Balaban J connectivity index is 1.49. The Kier molecular flexibility index (Phi) is 9.73. The van der Waals surface area contributed by atoms with Crippen molar-refractivity contribution in [3.05, 3.63) is 87.9 Å². The van der Waals surface area contributed by atoms with E-state index in [1.165, 1.54) is 0 Å². The molecule has 7 nitrogen and oxygen atoms in total. The molecule has 0 bridgehead atoms. The third-order valence-corrected chi connectivity index (χ3v) is 7.05. The monoisotopic (exact) mass is 553 g/mol. The highest BCUT2D eigenvalue weighted by molar-refractivity contribution is 6.35. The van der Waals surface area contributed by atoms with Gasteiger partial charge >= 0.3 is 6.03 Å². The van der Waals surface area contributed by atoms with Gasteiger partial charge in [-0.15, -0.1) is 0 Å². The molecule has 38 heavy (non-hydrogen) atoms. The fourth-order valence-electron chi connectivity index (χ4n) is 4.49. The maximum atomic E-state index is 13.0. The Morgan fingerprint density at radius 3 is 2.47 bits per heavy atom. The van der Waals surface area contributed by atoms with Crippen LogP contribution in [0.4, 0.5) is 21.9 Å². The van der Waals surface area contributed by atoms with Crippen molar-refractivity contribution >= 4 is 52.2 Å². The van der Waals surface area contributed by atoms with E-state index in [4.69, 9.17) is 23.2 Å². The van der Waals surface area contributed by atoms with Gasteiger partial charge in [-0.25, -0.2) is 4.79 Å². The highest BCUT2D eigenvalue weighted by Gasteiger charge is 2.21. The zero-order chi connectivity index (χ0) is 26.9. The summed E-state index contributed by atoms with van der Waals surface area (Å²) in [6.45, 7) is 5.84. The van der Waals surface area contributed by atoms with Crippen LogP contribution in [-0.4, -0.2) is 56.1 Å². The van der Waals surface area contributed by atoms with Gasteiger partial charge in [0.2, 0.25) is 0 Å². The molecule has 0 saturated carbocycles. The molecule has 0 aromatic heterocycles. The first-order valence-corrected chi connectivity index (χ1v) is 13.7. The first kappa shape index (κ1) is 27.6. The predicted octanol–water partition coefficient (Wildman–Crippen LogP) is 5.95. The molecule has 200 valence electrons. The summed E-state index contributed by atoms with van der Waals surface area (Å²) in [4.78, 5) is 29.5. The number of amides is 3. The lowest BCUT2D eigenvalue weighted by Crippen LogP contribution is -2.42. The van der Waals surface area contributed by atoms with Gasteiger partial charge in [-0.3, -0.25) is 4.79 Å². The van der Waals surface area contributed by atoms with E-state index in [1.807, 2.05) is 66.4 Å². The molecule has 1 aliphatic rings. The second kappa shape index (κ2) is 13.4. The van der Waals surface area contributed by atoms with Gasteiger partial charge in [-0.05, 0) is 67.8 Å². The van der Waals surface area contributed by atoms with Crippen molar-refractivity contribution in [1.29, 1.82) is 0 Å². The second-order valence-electron chi connectivity index (χ2n) is 9.13. The van der Waals surface area contributed by atoms with Crippen LogP contribution in [0.25, 0.3) is 0 Å². The van der Waals surface area contributed by atoms with Crippen LogP contribution in [-0.2, 0) is 6.42 Å². The van der Waals surface area contributed by atoms with Crippen LogP contribution in [0.5, 0.6) is 0 Å². The third kappa shape index (κ3) is 7.33. The van der Waals surface area contributed by atoms with Crippen LogP contribution >= 0.6 is 23.2 Å². The van der Waals surface area contributed by atoms with E-state index in [9.17, 15) is 9.59 Å². The average Bonchev–Trinajstić information content (AvgIpc) is 3.17. The van der Waals surface area contributed by atoms with Crippen LogP contribution in [0.1, 0.15) is 29.3 Å². The number of para-hydroxylation sites is 1. The number of rotatable bonds is 8. The van der Waals surface area contributed by atoms with Gasteiger partial charge in [0.1, 0.15) is 0 Å². The molecule has 0 atom stereocenters. The van der Waals surface area contributed by atoms with Crippen LogP contribution in [0.15, 0.2) is 66.7 Å². The van der Waals surface area contributed by atoms with E-state index in [1.54, 1.807) is 12.1 Å². The molecule has 0 radical (unpaired) electrons. The first-order chi connectivity index (χ1) is 18.4. The molecule has 1 fully saturated rings. The number of benzene rings is 3. The summed E-state index contributed by atoms with van der Waals surface area (Å²) >= 11 is 12.3. The van der Waals surface area contributed by atoms with Crippen molar-refractivity contribution in [3.8, 4) is 0 Å². The molecule has 0 aliphatic carbocycles.